The molecule has 0 saturated carbocycles. The maximum Gasteiger partial charge on any atom is 0.529 e. The van der Waals surface area contributed by atoms with Crippen molar-refractivity contribution in [3.63, 3.8) is 0 Å². The van der Waals surface area contributed by atoms with Crippen molar-refractivity contribution in [2.75, 3.05) is 35.5 Å². The molecule has 136 valence electrons. The van der Waals surface area contributed by atoms with Gasteiger partial charge in [-0.15, -0.1) is 0 Å². The molecule has 0 bridgehead atoms. The lowest BCUT2D eigenvalue weighted by Gasteiger charge is -2.13. The summed E-state index contributed by atoms with van der Waals surface area (Å²) in [5.41, 5.74) is 0. The third-order valence-corrected chi connectivity index (χ3v) is 4.75. The first-order valence-corrected chi connectivity index (χ1v) is 9.54. The van der Waals surface area contributed by atoms with Crippen LogP contribution in [0.2, 0.25) is 0 Å². The van der Waals surface area contributed by atoms with Gasteiger partial charge in [0.15, 0.2) is 0 Å². The van der Waals surface area contributed by atoms with Crippen LogP contribution >= 0.6 is 15.6 Å². The van der Waals surface area contributed by atoms with Gasteiger partial charge in [0.25, 0.3) is 0 Å². The van der Waals surface area contributed by atoms with Crippen molar-refractivity contribution >= 4 is 15.6 Å². The number of rotatable bonds is 7. The molecule has 0 heterocycles. The quantitative estimate of drug-likeness (QED) is 0.645. The SMILES string of the molecule is CC.COP(=O)(OC)OC.COP(=O)(OC)Oc1ccccc1. The Kier molecular flexibility index (Phi) is 14.6. The van der Waals surface area contributed by atoms with E-state index in [2.05, 4.69) is 22.6 Å². The zero-order valence-corrected chi connectivity index (χ0v) is 16.3. The molecule has 0 aliphatic heterocycles. The van der Waals surface area contributed by atoms with Crippen molar-refractivity contribution in [2.45, 2.75) is 13.8 Å². The minimum Gasteiger partial charge on any atom is -0.404 e. The topological polar surface area (TPSA) is 89.5 Å². The molecule has 1 aromatic rings. The second-order valence-corrected chi connectivity index (χ2v) is 7.01. The molecule has 0 radical (unpaired) electrons. The summed E-state index contributed by atoms with van der Waals surface area (Å²) < 4.78 is 49.4. The number of hydrogen-bond acceptors (Lipinski definition) is 8. The van der Waals surface area contributed by atoms with Gasteiger partial charge in [-0.05, 0) is 12.1 Å². The van der Waals surface area contributed by atoms with E-state index in [9.17, 15) is 9.13 Å². The molecule has 0 unspecified atom stereocenters. The largest absolute Gasteiger partial charge is 0.529 e. The summed E-state index contributed by atoms with van der Waals surface area (Å²) in [7, 11) is -0.250. The lowest BCUT2D eigenvalue weighted by Crippen LogP contribution is -1.96. The zero-order valence-electron chi connectivity index (χ0n) is 14.5. The van der Waals surface area contributed by atoms with E-state index in [0.29, 0.717) is 5.75 Å². The van der Waals surface area contributed by atoms with Crippen LogP contribution in [0, 0.1) is 0 Å². The van der Waals surface area contributed by atoms with Crippen molar-refractivity contribution < 1.29 is 36.3 Å². The predicted octanol–water partition coefficient (Wildman–Crippen LogP) is 4.53. The van der Waals surface area contributed by atoms with Gasteiger partial charge in [-0.25, -0.2) is 9.13 Å². The van der Waals surface area contributed by atoms with Gasteiger partial charge in [0.05, 0.1) is 0 Å². The van der Waals surface area contributed by atoms with Crippen molar-refractivity contribution in [3.8, 4) is 5.75 Å². The number of phosphoric acid groups is 2. The van der Waals surface area contributed by atoms with E-state index in [1.54, 1.807) is 24.3 Å². The highest BCUT2D eigenvalue weighted by Crippen LogP contribution is 2.47. The number of para-hydroxylation sites is 1. The maximum absolute atomic E-state index is 11.5. The fourth-order valence-electron chi connectivity index (χ4n) is 0.983. The molecule has 8 nitrogen and oxygen atoms in total. The standard InChI is InChI=1S/C8H11O4P.C3H9O4P.C2H6/c1-10-13(9,11-2)12-8-6-4-3-5-7-8;1-5-8(4,6-2)7-3;1-2/h3-7H,1-2H3;1-3H3;1-2H3. The van der Waals surface area contributed by atoms with E-state index in [-0.39, 0.29) is 0 Å². The summed E-state index contributed by atoms with van der Waals surface area (Å²) in [6.07, 6.45) is 0. The lowest BCUT2D eigenvalue weighted by molar-refractivity contribution is 0.178. The molecule has 10 heteroatoms. The number of benzene rings is 1. The Bertz CT molecular complexity index is 453. The highest BCUT2D eigenvalue weighted by molar-refractivity contribution is 7.49. The van der Waals surface area contributed by atoms with Crippen molar-refractivity contribution in [1.82, 2.24) is 0 Å². The van der Waals surface area contributed by atoms with Gasteiger partial charge in [0.1, 0.15) is 5.75 Å². The highest BCUT2D eigenvalue weighted by atomic mass is 31.2. The Morgan fingerprint density at radius 1 is 0.652 bits per heavy atom. The third-order valence-electron chi connectivity index (χ3n) is 2.08. The molecule has 0 fully saturated rings. The van der Waals surface area contributed by atoms with Crippen LogP contribution in [0.25, 0.3) is 0 Å². The Labute approximate surface area is 138 Å². The Balaban J connectivity index is 0. The van der Waals surface area contributed by atoms with E-state index in [1.165, 1.54) is 35.5 Å². The molecule has 1 aromatic carbocycles. The predicted molar refractivity (Wildman–Crippen MR) is 88.7 cm³/mol. The molecule has 0 atom stereocenters. The van der Waals surface area contributed by atoms with E-state index >= 15 is 0 Å². The second-order valence-electron chi connectivity index (χ2n) is 3.21. The van der Waals surface area contributed by atoms with Crippen molar-refractivity contribution in [2.24, 2.45) is 0 Å². The maximum atomic E-state index is 11.5. The van der Waals surface area contributed by atoms with Gasteiger partial charge in [0.2, 0.25) is 0 Å². The van der Waals surface area contributed by atoms with E-state index in [1.807, 2.05) is 19.9 Å². The van der Waals surface area contributed by atoms with E-state index in [4.69, 9.17) is 4.52 Å². The van der Waals surface area contributed by atoms with Crippen LogP contribution in [0.1, 0.15) is 13.8 Å². The van der Waals surface area contributed by atoms with Crippen LogP contribution in [0.4, 0.5) is 0 Å². The van der Waals surface area contributed by atoms with Gasteiger partial charge in [-0.2, -0.15) is 0 Å². The summed E-state index contributed by atoms with van der Waals surface area (Å²) >= 11 is 0. The molecular formula is C13H26O8P2. The highest BCUT2D eigenvalue weighted by Gasteiger charge is 2.24. The first-order valence-electron chi connectivity index (χ1n) is 6.62. The summed E-state index contributed by atoms with van der Waals surface area (Å²) in [4.78, 5) is 0. The van der Waals surface area contributed by atoms with Gasteiger partial charge in [-0.1, -0.05) is 32.0 Å². The monoisotopic (exact) mass is 372 g/mol. The number of hydrogen-bond donors (Lipinski definition) is 0. The summed E-state index contributed by atoms with van der Waals surface area (Å²) in [5.74, 6) is 0.453. The average Bonchev–Trinajstić information content (AvgIpc) is 2.64. The van der Waals surface area contributed by atoms with Gasteiger partial charge < -0.3 is 4.52 Å². The average molecular weight is 372 g/mol. The minimum atomic E-state index is -3.40. The van der Waals surface area contributed by atoms with Gasteiger partial charge >= 0.3 is 15.6 Å². The second kappa shape index (κ2) is 13.7. The van der Waals surface area contributed by atoms with Gasteiger partial charge in [0, 0.05) is 35.5 Å². The van der Waals surface area contributed by atoms with Crippen LogP contribution < -0.4 is 4.52 Å². The van der Waals surface area contributed by atoms with Crippen molar-refractivity contribution in [1.29, 1.82) is 0 Å². The van der Waals surface area contributed by atoms with Crippen LogP contribution in [-0.4, -0.2) is 35.5 Å². The molecule has 0 spiro atoms. The van der Waals surface area contributed by atoms with Crippen molar-refractivity contribution in [3.05, 3.63) is 30.3 Å². The smallest absolute Gasteiger partial charge is 0.404 e. The minimum absolute atomic E-state index is 0.453. The molecule has 0 N–H and O–H groups in total. The zero-order chi connectivity index (χ0) is 18.4. The number of phosphoric ester groups is 2. The van der Waals surface area contributed by atoms with Crippen LogP contribution in [0.3, 0.4) is 0 Å². The lowest BCUT2D eigenvalue weighted by atomic mass is 10.3. The first-order chi connectivity index (χ1) is 10.9. The normalized spacial score (nSPS) is 10.7. The molecule has 1 rings (SSSR count). The molecular weight excluding hydrogens is 346 g/mol. The molecule has 0 saturated heterocycles. The summed E-state index contributed by atoms with van der Waals surface area (Å²) in [5, 5.41) is 0. The van der Waals surface area contributed by atoms with Gasteiger partial charge in [-0.3, -0.25) is 22.6 Å². The summed E-state index contributed by atoms with van der Waals surface area (Å²) in [6.45, 7) is 4.00. The Hall–Kier alpha value is -0.720. The molecule has 0 aliphatic carbocycles. The summed E-state index contributed by atoms with van der Waals surface area (Å²) in [6, 6.07) is 8.71. The van der Waals surface area contributed by atoms with Crippen LogP contribution in [0.15, 0.2) is 30.3 Å². The van der Waals surface area contributed by atoms with E-state index in [0.717, 1.165) is 0 Å². The van der Waals surface area contributed by atoms with Crippen LogP contribution in [-0.2, 0) is 31.7 Å². The fourth-order valence-corrected chi connectivity index (χ4v) is 2.11. The fraction of sp³-hybridized carbons (Fsp3) is 0.538. The molecule has 23 heavy (non-hydrogen) atoms. The molecule has 0 amide bonds. The van der Waals surface area contributed by atoms with E-state index < -0.39 is 15.6 Å². The molecule has 0 aliphatic rings. The molecule has 0 aromatic heterocycles. The first kappa shape index (κ1) is 24.5. The Morgan fingerprint density at radius 2 is 1.00 bits per heavy atom. The van der Waals surface area contributed by atoms with Crippen LogP contribution in [0.5, 0.6) is 5.75 Å². The Morgan fingerprint density at radius 3 is 1.26 bits per heavy atom. The third kappa shape index (κ3) is 10.6.